The molecular weight excluding hydrogens is 401 g/mol. The first-order valence-corrected chi connectivity index (χ1v) is 9.62. The fourth-order valence-electron chi connectivity index (χ4n) is 3.56. The number of nitrogens with one attached hydrogen (secondary N) is 1. The number of aromatic nitrogens is 2. The Morgan fingerprint density at radius 2 is 1.77 bits per heavy atom. The first-order valence-electron chi connectivity index (χ1n) is 9.62. The van der Waals surface area contributed by atoms with Crippen molar-refractivity contribution in [2.45, 2.75) is 30.7 Å². The molecule has 30 heavy (non-hydrogen) atoms. The highest BCUT2D eigenvalue weighted by Gasteiger charge is 2.38. The van der Waals surface area contributed by atoms with Crippen LogP contribution in [0.1, 0.15) is 34.5 Å². The number of likely N-dealkylation sites (tertiary alicyclic amines) is 1. The van der Waals surface area contributed by atoms with Crippen molar-refractivity contribution in [2.24, 2.45) is 0 Å². The Kier molecular flexibility index (Phi) is 5.37. The van der Waals surface area contributed by atoms with Crippen LogP contribution in [0.2, 0.25) is 0 Å². The van der Waals surface area contributed by atoms with Crippen LogP contribution in [0.3, 0.4) is 0 Å². The smallest absolute Gasteiger partial charge is 0.380 e. The normalized spacial score (nSPS) is 19.3. The number of carbonyl (C=O) groups excluding carboxylic acids is 1. The molecular formula is C20H21F3N4O3. The van der Waals surface area contributed by atoms with Crippen LogP contribution in [-0.2, 0) is 16.5 Å². The Morgan fingerprint density at radius 1 is 1.10 bits per heavy atom. The topological polar surface area (TPSA) is 87.6 Å². The van der Waals surface area contributed by atoms with Gasteiger partial charge in [0.15, 0.2) is 5.69 Å². The Bertz CT molecular complexity index is 891. The molecule has 3 heterocycles. The van der Waals surface area contributed by atoms with Gasteiger partial charge in [0.25, 0.3) is 5.91 Å². The number of amides is 1. The summed E-state index contributed by atoms with van der Waals surface area (Å²) in [5, 5.41) is 20.1. The second-order valence-corrected chi connectivity index (χ2v) is 7.61. The molecule has 1 aromatic carbocycles. The Labute approximate surface area is 170 Å². The highest BCUT2D eigenvalue weighted by atomic mass is 19.4. The van der Waals surface area contributed by atoms with Crippen LogP contribution in [0.4, 0.5) is 19.0 Å². The maximum atomic E-state index is 12.7. The standard InChI is InChI=1S/C20H21F3N4O3/c21-20(22,23)16-5-6-17(26-25-16)24-15-7-9-27(10-8-15)18(28)13-1-3-14(4-2-13)19(29)11-30-12-19/h1-6,15,29H,7-12H2,(H,24,26). The maximum absolute atomic E-state index is 12.7. The van der Waals surface area contributed by atoms with Crippen LogP contribution in [0, 0.1) is 0 Å². The van der Waals surface area contributed by atoms with Gasteiger partial charge in [0.1, 0.15) is 11.4 Å². The number of hydrogen-bond donors (Lipinski definition) is 2. The van der Waals surface area contributed by atoms with E-state index in [-0.39, 0.29) is 31.0 Å². The number of hydrogen-bond acceptors (Lipinski definition) is 6. The van der Waals surface area contributed by atoms with Gasteiger partial charge in [0, 0.05) is 24.7 Å². The van der Waals surface area contributed by atoms with Crippen molar-refractivity contribution in [3.05, 3.63) is 53.2 Å². The first-order chi connectivity index (χ1) is 14.2. The zero-order chi connectivity index (χ0) is 21.4. The minimum atomic E-state index is -4.52. The summed E-state index contributed by atoms with van der Waals surface area (Å²) in [6, 6.07) is 9.04. The second kappa shape index (κ2) is 7.84. The van der Waals surface area contributed by atoms with Crippen molar-refractivity contribution in [2.75, 3.05) is 31.6 Å². The summed E-state index contributed by atoms with van der Waals surface area (Å²) < 4.78 is 42.7. The number of alkyl halides is 3. The Hall–Kier alpha value is -2.72. The molecule has 0 aliphatic carbocycles. The molecule has 0 spiro atoms. The number of benzene rings is 1. The van der Waals surface area contributed by atoms with Crippen LogP contribution in [0.15, 0.2) is 36.4 Å². The average molecular weight is 422 g/mol. The molecule has 4 rings (SSSR count). The third kappa shape index (κ3) is 4.24. The molecule has 2 N–H and O–H groups in total. The van der Waals surface area contributed by atoms with Gasteiger partial charge in [-0.25, -0.2) is 0 Å². The van der Waals surface area contributed by atoms with E-state index in [9.17, 15) is 23.1 Å². The van der Waals surface area contributed by atoms with E-state index in [0.717, 1.165) is 11.6 Å². The lowest BCUT2D eigenvalue weighted by Crippen LogP contribution is -2.46. The summed E-state index contributed by atoms with van der Waals surface area (Å²) >= 11 is 0. The third-order valence-corrected chi connectivity index (χ3v) is 5.44. The van der Waals surface area contributed by atoms with Gasteiger partial charge < -0.3 is 20.1 Å². The molecule has 10 heteroatoms. The minimum absolute atomic E-state index is 0.00433. The molecule has 0 saturated carbocycles. The summed E-state index contributed by atoms with van der Waals surface area (Å²) in [5.41, 5.74) is -0.725. The molecule has 0 unspecified atom stereocenters. The molecule has 0 atom stereocenters. The SMILES string of the molecule is O=C(c1ccc(C2(O)COC2)cc1)N1CCC(Nc2ccc(C(F)(F)F)nn2)CC1. The molecule has 2 aromatic rings. The number of ether oxygens (including phenoxy) is 1. The second-order valence-electron chi connectivity index (χ2n) is 7.61. The Morgan fingerprint density at radius 3 is 2.27 bits per heavy atom. The largest absolute Gasteiger partial charge is 0.435 e. The van der Waals surface area contributed by atoms with Gasteiger partial charge in [-0.1, -0.05) is 12.1 Å². The third-order valence-electron chi connectivity index (χ3n) is 5.44. The van der Waals surface area contributed by atoms with Crippen LogP contribution in [0.5, 0.6) is 0 Å². The molecule has 0 radical (unpaired) electrons. The van der Waals surface area contributed by atoms with E-state index in [4.69, 9.17) is 4.74 Å². The molecule has 0 bridgehead atoms. The lowest BCUT2D eigenvalue weighted by Gasteiger charge is -2.37. The molecule has 160 valence electrons. The highest BCUT2D eigenvalue weighted by Crippen LogP contribution is 2.30. The predicted octanol–water partition coefficient (Wildman–Crippen LogP) is 2.43. The van der Waals surface area contributed by atoms with Crippen molar-refractivity contribution < 1.29 is 27.8 Å². The first kappa shape index (κ1) is 20.5. The van der Waals surface area contributed by atoms with Crippen molar-refractivity contribution in [1.82, 2.24) is 15.1 Å². The summed E-state index contributed by atoms with van der Waals surface area (Å²) in [7, 11) is 0. The van der Waals surface area contributed by atoms with Crippen molar-refractivity contribution in [3.8, 4) is 0 Å². The van der Waals surface area contributed by atoms with Gasteiger partial charge in [0.2, 0.25) is 0 Å². The van der Waals surface area contributed by atoms with Gasteiger partial charge in [-0.3, -0.25) is 4.79 Å². The number of nitrogens with zero attached hydrogens (tertiary/aromatic N) is 3. The molecule has 1 aromatic heterocycles. The van der Waals surface area contributed by atoms with E-state index < -0.39 is 17.5 Å². The molecule has 2 aliphatic heterocycles. The number of rotatable bonds is 4. The number of halogens is 3. The van der Waals surface area contributed by atoms with Crippen LogP contribution in [0.25, 0.3) is 0 Å². The van der Waals surface area contributed by atoms with E-state index in [2.05, 4.69) is 15.5 Å². The van der Waals surface area contributed by atoms with Gasteiger partial charge in [-0.2, -0.15) is 13.2 Å². The van der Waals surface area contributed by atoms with Crippen LogP contribution in [-0.4, -0.2) is 58.5 Å². The van der Waals surface area contributed by atoms with E-state index in [1.807, 2.05) is 0 Å². The van der Waals surface area contributed by atoms with E-state index >= 15 is 0 Å². The fraction of sp³-hybridized carbons (Fsp3) is 0.450. The van der Waals surface area contributed by atoms with Gasteiger partial charge in [0.05, 0.1) is 13.2 Å². The van der Waals surface area contributed by atoms with Gasteiger partial charge in [-0.05, 0) is 42.7 Å². The molecule has 2 saturated heterocycles. The van der Waals surface area contributed by atoms with Crippen LogP contribution < -0.4 is 5.32 Å². The minimum Gasteiger partial charge on any atom is -0.380 e. The predicted molar refractivity (Wildman–Crippen MR) is 101 cm³/mol. The summed E-state index contributed by atoms with van der Waals surface area (Å²) in [4.78, 5) is 14.5. The maximum Gasteiger partial charge on any atom is 0.435 e. The summed E-state index contributed by atoms with van der Waals surface area (Å²) in [6.45, 7) is 1.54. The van der Waals surface area contributed by atoms with Crippen LogP contribution >= 0.6 is 0 Å². The number of piperidine rings is 1. The molecule has 2 fully saturated rings. The number of anilines is 1. The number of aliphatic hydroxyl groups is 1. The summed E-state index contributed by atoms with van der Waals surface area (Å²) in [5.74, 6) is 0.187. The summed E-state index contributed by atoms with van der Waals surface area (Å²) in [6.07, 6.45) is -3.23. The highest BCUT2D eigenvalue weighted by molar-refractivity contribution is 5.94. The number of carbonyl (C=O) groups is 1. The van der Waals surface area contributed by atoms with Crippen molar-refractivity contribution in [1.29, 1.82) is 0 Å². The van der Waals surface area contributed by atoms with E-state index in [1.165, 1.54) is 6.07 Å². The molecule has 7 nitrogen and oxygen atoms in total. The van der Waals surface area contributed by atoms with E-state index in [0.29, 0.717) is 31.5 Å². The van der Waals surface area contributed by atoms with E-state index in [1.54, 1.807) is 29.2 Å². The van der Waals surface area contributed by atoms with Gasteiger partial charge >= 0.3 is 6.18 Å². The quantitative estimate of drug-likeness (QED) is 0.787. The zero-order valence-electron chi connectivity index (χ0n) is 16.0. The monoisotopic (exact) mass is 422 g/mol. The average Bonchev–Trinajstić information content (AvgIpc) is 2.72. The zero-order valence-corrected chi connectivity index (χ0v) is 16.0. The van der Waals surface area contributed by atoms with Gasteiger partial charge in [-0.15, -0.1) is 10.2 Å². The lowest BCUT2D eigenvalue weighted by atomic mass is 9.91. The van der Waals surface area contributed by atoms with Crippen molar-refractivity contribution in [3.63, 3.8) is 0 Å². The molecule has 2 aliphatic rings. The lowest BCUT2D eigenvalue weighted by molar-refractivity contribution is -0.184. The Balaban J connectivity index is 1.30. The molecule has 1 amide bonds. The van der Waals surface area contributed by atoms with Crippen molar-refractivity contribution >= 4 is 11.7 Å². The fourth-order valence-corrected chi connectivity index (χ4v) is 3.56.